The molecule has 3 nitrogen and oxygen atoms in total. The van der Waals surface area contributed by atoms with Crippen molar-refractivity contribution in [2.75, 3.05) is 0 Å². The Labute approximate surface area is 182 Å². The number of carbonyl (C=O) groups is 1. The highest BCUT2D eigenvalue weighted by Crippen LogP contribution is 2.60. The second kappa shape index (κ2) is 8.52. The fourth-order valence-electron chi connectivity index (χ4n) is 3.27. The summed E-state index contributed by atoms with van der Waals surface area (Å²) >= 11 is 11.2. The molecule has 1 fully saturated rings. The molecule has 0 aliphatic heterocycles. The van der Waals surface area contributed by atoms with Gasteiger partial charge in [-0.1, -0.05) is 55.3 Å². The number of hydrogen-bond donors (Lipinski definition) is 0. The van der Waals surface area contributed by atoms with E-state index >= 15 is 0 Å². The van der Waals surface area contributed by atoms with Gasteiger partial charge in [-0.25, -0.2) is 0 Å². The minimum Gasteiger partial charge on any atom is -0.461 e. The largest absolute Gasteiger partial charge is 0.461 e. The molecule has 0 radical (unpaired) electrons. The van der Waals surface area contributed by atoms with E-state index in [0.29, 0.717) is 22.1 Å². The lowest BCUT2D eigenvalue weighted by molar-refractivity contribution is -0.147. The van der Waals surface area contributed by atoms with Gasteiger partial charge in [0.2, 0.25) is 0 Å². The Morgan fingerprint density at radius 2 is 1.80 bits per heavy atom. The first kappa shape index (κ1) is 22.5. The summed E-state index contributed by atoms with van der Waals surface area (Å²) in [6, 6.07) is 13.9. The molecule has 0 amide bonds. The van der Waals surface area contributed by atoms with Crippen LogP contribution in [0.4, 0.5) is 13.2 Å². The number of carbonyl (C=O) groups excluding carboxylic acids is 1. The quantitative estimate of drug-likeness (QED) is 0.431. The molecular formula is C22H19Cl2F3O3. The highest BCUT2D eigenvalue weighted by molar-refractivity contribution is 6.30. The van der Waals surface area contributed by atoms with Crippen molar-refractivity contribution in [2.45, 2.75) is 26.6 Å². The van der Waals surface area contributed by atoms with Crippen LogP contribution in [-0.2, 0) is 16.1 Å². The van der Waals surface area contributed by atoms with Crippen molar-refractivity contribution in [2.24, 2.45) is 17.3 Å². The lowest BCUT2D eigenvalue weighted by Gasteiger charge is -2.09. The van der Waals surface area contributed by atoms with E-state index in [1.807, 2.05) is 0 Å². The molecule has 2 aromatic rings. The van der Waals surface area contributed by atoms with E-state index in [4.69, 9.17) is 32.7 Å². The van der Waals surface area contributed by atoms with Gasteiger partial charge in [-0.05, 0) is 53.3 Å². The van der Waals surface area contributed by atoms with Crippen LogP contribution in [0.25, 0.3) is 0 Å². The Hall–Kier alpha value is -2.18. The smallest absolute Gasteiger partial charge is 0.426 e. The second-order valence-electron chi connectivity index (χ2n) is 7.65. The maximum absolute atomic E-state index is 12.7. The maximum atomic E-state index is 12.7. The Balaban J connectivity index is 1.60. The van der Waals surface area contributed by atoms with Crippen LogP contribution in [0.5, 0.6) is 11.5 Å². The zero-order valence-corrected chi connectivity index (χ0v) is 17.7. The summed E-state index contributed by atoms with van der Waals surface area (Å²) in [4.78, 5) is 12.4. The topological polar surface area (TPSA) is 35.5 Å². The van der Waals surface area contributed by atoms with Crippen molar-refractivity contribution in [3.63, 3.8) is 0 Å². The molecule has 3 rings (SSSR count). The van der Waals surface area contributed by atoms with Crippen molar-refractivity contribution < 1.29 is 27.4 Å². The Kier molecular flexibility index (Phi) is 6.39. The van der Waals surface area contributed by atoms with Crippen molar-refractivity contribution in [3.05, 3.63) is 70.2 Å². The molecule has 30 heavy (non-hydrogen) atoms. The number of esters is 1. The zero-order valence-electron chi connectivity index (χ0n) is 16.2. The predicted molar refractivity (Wildman–Crippen MR) is 109 cm³/mol. The number of benzene rings is 2. The van der Waals surface area contributed by atoms with E-state index < -0.39 is 34.4 Å². The molecule has 0 saturated heterocycles. The molecule has 0 bridgehead atoms. The van der Waals surface area contributed by atoms with Crippen LogP contribution in [0.1, 0.15) is 19.4 Å². The Morgan fingerprint density at radius 3 is 2.43 bits per heavy atom. The number of hydrogen-bond acceptors (Lipinski definition) is 3. The fraction of sp³-hybridized carbons (Fsp3) is 0.318. The van der Waals surface area contributed by atoms with Gasteiger partial charge in [-0.3, -0.25) is 4.79 Å². The minimum atomic E-state index is -4.63. The highest BCUT2D eigenvalue weighted by Gasteiger charge is 2.62. The summed E-state index contributed by atoms with van der Waals surface area (Å²) in [6.07, 6.45) is -3.73. The molecular weight excluding hydrogens is 440 g/mol. The molecule has 0 unspecified atom stereocenters. The van der Waals surface area contributed by atoms with Gasteiger partial charge in [0.25, 0.3) is 0 Å². The third-order valence-corrected chi connectivity index (χ3v) is 5.68. The summed E-state index contributed by atoms with van der Waals surface area (Å²) in [5.74, 6) is -0.711. The van der Waals surface area contributed by atoms with E-state index in [1.165, 1.54) is 0 Å². The van der Waals surface area contributed by atoms with Gasteiger partial charge in [0.15, 0.2) is 0 Å². The molecule has 8 heteroatoms. The van der Waals surface area contributed by atoms with Crippen LogP contribution in [0.15, 0.2) is 59.6 Å². The van der Waals surface area contributed by atoms with E-state index in [2.05, 4.69) is 0 Å². The molecule has 0 spiro atoms. The first-order valence-corrected chi connectivity index (χ1v) is 9.87. The number of alkyl halides is 3. The van der Waals surface area contributed by atoms with Gasteiger partial charge in [0.1, 0.15) is 23.1 Å². The normalized spacial score (nSPS) is 20.6. The third kappa shape index (κ3) is 5.29. The van der Waals surface area contributed by atoms with E-state index in [-0.39, 0.29) is 6.61 Å². The number of rotatable bonds is 6. The molecule has 1 aliphatic rings. The zero-order chi connectivity index (χ0) is 22.1. The summed E-state index contributed by atoms with van der Waals surface area (Å²) in [6.45, 7) is 3.40. The first-order valence-electron chi connectivity index (χ1n) is 9.12. The van der Waals surface area contributed by atoms with Crippen LogP contribution in [0.2, 0.25) is 5.02 Å². The molecule has 2 atom stereocenters. The fourth-order valence-corrected chi connectivity index (χ4v) is 3.53. The number of halogens is 5. The summed E-state index contributed by atoms with van der Waals surface area (Å²) in [7, 11) is 0. The van der Waals surface area contributed by atoms with Crippen LogP contribution in [-0.4, -0.2) is 12.1 Å². The monoisotopic (exact) mass is 458 g/mol. The van der Waals surface area contributed by atoms with Gasteiger partial charge in [0, 0.05) is 5.02 Å². The summed E-state index contributed by atoms with van der Waals surface area (Å²) in [5.41, 5.74) is 0.0378. The third-order valence-electron chi connectivity index (χ3n) is 5.09. The van der Waals surface area contributed by atoms with E-state index in [9.17, 15) is 18.0 Å². The molecule has 160 valence electrons. The number of ether oxygens (including phenoxy) is 2. The van der Waals surface area contributed by atoms with Crippen LogP contribution in [0.3, 0.4) is 0 Å². The molecule has 2 aromatic carbocycles. The van der Waals surface area contributed by atoms with Crippen molar-refractivity contribution >= 4 is 29.2 Å². The first-order chi connectivity index (χ1) is 14.0. The Bertz CT molecular complexity index is 953. The minimum absolute atomic E-state index is 0.0212. The lowest BCUT2D eigenvalue weighted by Crippen LogP contribution is -2.11. The maximum Gasteiger partial charge on any atom is 0.426 e. The van der Waals surface area contributed by atoms with Gasteiger partial charge >= 0.3 is 12.1 Å². The highest BCUT2D eigenvalue weighted by atomic mass is 35.5. The van der Waals surface area contributed by atoms with Crippen LogP contribution in [0, 0.1) is 17.3 Å². The summed E-state index contributed by atoms with van der Waals surface area (Å²) < 4.78 is 49.1. The molecule has 1 aliphatic carbocycles. The molecule has 0 N–H and O–H groups in total. The predicted octanol–water partition coefficient (Wildman–Crippen LogP) is 7.13. The van der Waals surface area contributed by atoms with Gasteiger partial charge in [-0.2, -0.15) is 13.2 Å². The average molecular weight is 459 g/mol. The standard InChI is InChI=1S/C22H19Cl2F3O3/c1-21(2)17(11-18(24)22(25,26)27)19(21)20(28)29-12-13-4-3-5-16(10-13)30-15-8-6-14(23)7-9-15/h3-11,17,19H,12H2,1-2H3/t17-,19-/m1/s1. The Morgan fingerprint density at radius 1 is 1.13 bits per heavy atom. The van der Waals surface area contributed by atoms with Gasteiger partial charge in [0.05, 0.1) is 5.92 Å². The van der Waals surface area contributed by atoms with Gasteiger partial charge in [-0.15, -0.1) is 0 Å². The average Bonchev–Trinajstić information content (AvgIpc) is 3.21. The molecule has 0 aromatic heterocycles. The lowest BCUT2D eigenvalue weighted by atomic mass is 10.1. The van der Waals surface area contributed by atoms with Crippen molar-refractivity contribution in [1.82, 2.24) is 0 Å². The molecule has 1 saturated carbocycles. The molecule has 0 heterocycles. The van der Waals surface area contributed by atoms with E-state index in [1.54, 1.807) is 62.4 Å². The van der Waals surface area contributed by atoms with Gasteiger partial charge < -0.3 is 9.47 Å². The second-order valence-corrected chi connectivity index (χ2v) is 8.49. The van der Waals surface area contributed by atoms with Crippen molar-refractivity contribution in [1.29, 1.82) is 0 Å². The number of allylic oxidation sites excluding steroid dienone is 2. The van der Waals surface area contributed by atoms with Crippen molar-refractivity contribution in [3.8, 4) is 11.5 Å². The van der Waals surface area contributed by atoms with E-state index in [0.717, 1.165) is 6.08 Å². The SMILES string of the molecule is CC1(C)[C@H](C=C(Cl)C(F)(F)F)[C@@H]1C(=O)OCc1cccc(Oc2ccc(Cl)cc2)c1. The van der Waals surface area contributed by atoms with Crippen LogP contribution < -0.4 is 4.74 Å². The van der Waals surface area contributed by atoms with Crippen LogP contribution >= 0.6 is 23.2 Å². The summed E-state index contributed by atoms with van der Waals surface area (Å²) in [5, 5.41) is -0.626.